The first-order valence-corrected chi connectivity index (χ1v) is 5.85. The van der Waals surface area contributed by atoms with Crippen LogP contribution in [0.15, 0.2) is 6.07 Å². The van der Waals surface area contributed by atoms with E-state index in [9.17, 15) is 0 Å². The Bertz CT molecular complexity index is 578. The van der Waals surface area contributed by atoms with Crippen LogP contribution in [-0.2, 0) is 11.8 Å². The molecule has 1 aliphatic carbocycles. The van der Waals surface area contributed by atoms with Crippen LogP contribution >= 0.6 is 0 Å². The zero-order valence-corrected chi connectivity index (χ0v) is 10.3. The molecule has 84 valence electrons. The van der Waals surface area contributed by atoms with Gasteiger partial charge < -0.3 is 0 Å². The van der Waals surface area contributed by atoms with Crippen LogP contribution in [0.25, 0.3) is 5.78 Å². The second kappa shape index (κ2) is 2.84. The molecule has 3 heteroatoms. The Morgan fingerprint density at radius 2 is 2.00 bits per heavy atom. The lowest BCUT2D eigenvalue weighted by atomic mass is 9.91. The van der Waals surface area contributed by atoms with Crippen LogP contribution in [0.4, 0.5) is 0 Å². The summed E-state index contributed by atoms with van der Waals surface area (Å²) in [5.74, 6) is 0.871. The molecule has 3 rings (SSSR count). The van der Waals surface area contributed by atoms with E-state index in [0.29, 0.717) is 0 Å². The molecule has 1 aliphatic rings. The molecular formula is C13H17N3. The maximum absolute atomic E-state index is 4.72. The summed E-state index contributed by atoms with van der Waals surface area (Å²) in [6, 6.07) is 2.13. The highest BCUT2D eigenvalue weighted by Gasteiger charge is 2.34. The summed E-state index contributed by atoms with van der Waals surface area (Å²) in [7, 11) is 0. The lowest BCUT2D eigenvalue weighted by Gasteiger charge is -2.14. The third-order valence-electron chi connectivity index (χ3n) is 3.63. The van der Waals surface area contributed by atoms with Gasteiger partial charge in [-0.25, -0.2) is 9.97 Å². The van der Waals surface area contributed by atoms with Crippen molar-refractivity contribution in [2.75, 3.05) is 0 Å². The predicted octanol–water partition coefficient (Wildman–Crippen LogP) is 2.57. The fourth-order valence-electron chi connectivity index (χ4n) is 2.77. The Balaban J connectivity index is 2.40. The Morgan fingerprint density at radius 1 is 1.25 bits per heavy atom. The Morgan fingerprint density at radius 3 is 2.75 bits per heavy atom. The van der Waals surface area contributed by atoms with E-state index in [0.717, 1.165) is 17.9 Å². The van der Waals surface area contributed by atoms with Gasteiger partial charge in [-0.05, 0) is 32.8 Å². The smallest absolute Gasteiger partial charge is 0.234 e. The number of hydrogen-bond acceptors (Lipinski definition) is 2. The second-order valence-corrected chi connectivity index (χ2v) is 5.47. The van der Waals surface area contributed by atoms with Crippen LogP contribution in [-0.4, -0.2) is 14.4 Å². The third-order valence-corrected chi connectivity index (χ3v) is 3.63. The highest BCUT2D eigenvalue weighted by molar-refractivity contribution is 5.44. The topological polar surface area (TPSA) is 30.2 Å². The van der Waals surface area contributed by atoms with Gasteiger partial charge in [0.05, 0.1) is 5.69 Å². The van der Waals surface area contributed by atoms with Crippen molar-refractivity contribution in [1.82, 2.24) is 14.4 Å². The molecule has 0 atom stereocenters. The largest absolute Gasteiger partial charge is 0.285 e. The number of fused-ring (bicyclic) bond motifs is 3. The van der Waals surface area contributed by atoms with Gasteiger partial charge in [0.25, 0.3) is 0 Å². The summed E-state index contributed by atoms with van der Waals surface area (Å²) in [5.41, 5.74) is 5.11. The predicted molar refractivity (Wildman–Crippen MR) is 63.8 cm³/mol. The number of aryl methyl sites for hydroxylation is 3. The van der Waals surface area contributed by atoms with Gasteiger partial charge in [0.1, 0.15) is 0 Å². The maximum atomic E-state index is 4.72. The van der Waals surface area contributed by atoms with Gasteiger partial charge in [-0.1, -0.05) is 13.8 Å². The van der Waals surface area contributed by atoms with Gasteiger partial charge in [0, 0.05) is 22.5 Å². The van der Waals surface area contributed by atoms with Crippen molar-refractivity contribution in [3.05, 3.63) is 28.8 Å². The molecule has 0 saturated carbocycles. The van der Waals surface area contributed by atoms with Crippen molar-refractivity contribution in [1.29, 1.82) is 0 Å². The fourth-order valence-corrected chi connectivity index (χ4v) is 2.77. The van der Waals surface area contributed by atoms with E-state index < -0.39 is 0 Å². The molecule has 0 aromatic carbocycles. The molecule has 2 aromatic rings. The molecule has 0 N–H and O–H groups in total. The molecule has 0 bridgehead atoms. The van der Waals surface area contributed by atoms with Crippen LogP contribution in [0.2, 0.25) is 0 Å². The van der Waals surface area contributed by atoms with Crippen molar-refractivity contribution < 1.29 is 0 Å². The molecule has 2 aromatic heterocycles. The van der Waals surface area contributed by atoms with E-state index in [1.165, 1.54) is 23.5 Å². The van der Waals surface area contributed by atoms with Crippen molar-refractivity contribution in [2.24, 2.45) is 0 Å². The molecule has 0 radical (unpaired) electrons. The number of nitrogens with zero attached hydrogens (tertiary/aromatic N) is 3. The summed E-state index contributed by atoms with van der Waals surface area (Å²) in [6.07, 6.45) is 2.32. The SMILES string of the molecule is Cc1cc(C)n2c3c(nc2n1)C(C)(C)CC3. The minimum Gasteiger partial charge on any atom is -0.285 e. The summed E-state index contributed by atoms with van der Waals surface area (Å²) in [5, 5.41) is 0. The molecular weight excluding hydrogens is 198 g/mol. The molecule has 16 heavy (non-hydrogen) atoms. The summed E-state index contributed by atoms with van der Waals surface area (Å²) >= 11 is 0. The third kappa shape index (κ3) is 1.14. The highest BCUT2D eigenvalue weighted by atomic mass is 15.1. The zero-order valence-electron chi connectivity index (χ0n) is 10.3. The normalized spacial score (nSPS) is 18.0. The molecule has 0 fully saturated rings. The first kappa shape index (κ1) is 9.82. The van der Waals surface area contributed by atoms with E-state index in [1.807, 2.05) is 6.92 Å². The van der Waals surface area contributed by atoms with E-state index in [4.69, 9.17) is 4.98 Å². The number of hydrogen-bond donors (Lipinski definition) is 0. The van der Waals surface area contributed by atoms with Crippen LogP contribution in [0.5, 0.6) is 0 Å². The van der Waals surface area contributed by atoms with Gasteiger partial charge in [0.15, 0.2) is 0 Å². The van der Waals surface area contributed by atoms with Gasteiger partial charge in [0.2, 0.25) is 5.78 Å². The number of imidazole rings is 1. The van der Waals surface area contributed by atoms with Crippen molar-refractivity contribution in [2.45, 2.75) is 46.0 Å². The van der Waals surface area contributed by atoms with Crippen LogP contribution in [0, 0.1) is 13.8 Å². The summed E-state index contributed by atoms with van der Waals surface area (Å²) in [6.45, 7) is 8.70. The Hall–Kier alpha value is -1.38. The van der Waals surface area contributed by atoms with Gasteiger partial charge in [-0.15, -0.1) is 0 Å². The minimum absolute atomic E-state index is 0.212. The van der Waals surface area contributed by atoms with E-state index in [-0.39, 0.29) is 5.41 Å². The number of rotatable bonds is 0. The first-order valence-electron chi connectivity index (χ1n) is 5.85. The number of aromatic nitrogens is 3. The van der Waals surface area contributed by atoms with Crippen molar-refractivity contribution in [3.8, 4) is 0 Å². The fraction of sp³-hybridized carbons (Fsp3) is 0.538. The molecule has 0 amide bonds. The average molecular weight is 215 g/mol. The standard InChI is InChI=1S/C13H17N3/c1-8-7-9(2)16-10-5-6-13(3,4)11(10)15-12(16)14-8/h7H,5-6H2,1-4H3. The Labute approximate surface area is 95.5 Å². The minimum atomic E-state index is 0.212. The Kier molecular flexibility index (Phi) is 1.74. The van der Waals surface area contributed by atoms with Gasteiger partial charge in [-0.2, -0.15) is 0 Å². The lowest BCUT2D eigenvalue weighted by Crippen LogP contribution is -2.12. The van der Waals surface area contributed by atoms with Gasteiger partial charge >= 0.3 is 0 Å². The average Bonchev–Trinajstić information content (AvgIpc) is 2.65. The monoisotopic (exact) mass is 215 g/mol. The summed E-state index contributed by atoms with van der Waals surface area (Å²) in [4.78, 5) is 9.24. The van der Waals surface area contributed by atoms with Gasteiger partial charge in [-0.3, -0.25) is 4.40 Å². The van der Waals surface area contributed by atoms with E-state index in [1.54, 1.807) is 0 Å². The zero-order chi connectivity index (χ0) is 11.5. The first-order chi connectivity index (χ1) is 7.49. The molecule has 0 unspecified atom stereocenters. The van der Waals surface area contributed by atoms with Crippen LogP contribution < -0.4 is 0 Å². The molecule has 0 aliphatic heterocycles. The maximum Gasteiger partial charge on any atom is 0.234 e. The molecule has 0 spiro atoms. The van der Waals surface area contributed by atoms with E-state index in [2.05, 4.69) is 36.2 Å². The summed E-state index contributed by atoms with van der Waals surface area (Å²) < 4.78 is 2.22. The quantitative estimate of drug-likeness (QED) is 0.676. The van der Waals surface area contributed by atoms with Crippen molar-refractivity contribution in [3.63, 3.8) is 0 Å². The second-order valence-electron chi connectivity index (χ2n) is 5.47. The van der Waals surface area contributed by atoms with Crippen LogP contribution in [0.3, 0.4) is 0 Å². The van der Waals surface area contributed by atoms with E-state index >= 15 is 0 Å². The lowest BCUT2D eigenvalue weighted by molar-refractivity contribution is 0.509. The van der Waals surface area contributed by atoms with Crippen LogP contribution in [0.1, 0.15) is 43.0 Å². The molecule has 3 nitrogen and oxygen atoms in total. The highest BCUT2D eigenvalue weighted by Crippen LogP contribution is 2.38. The van der Waals surface area contributed by atoms with Crippen molar-refractivity contribution >= 4 is 5.78 Å². The molecule has 0 saturated heterocycles. The molecule has 2 heterocycles.